The summed E-state index contributed by atoms with van der Waals surface area (Å²) in [6, 6.07) is 3.96. The maximum atomic E-state index is 13.1. The fourth-order valence-corrected chi connectivity index (χ4v) is 2.58. The zero-order valence-electron chi connectivity index (χ0n) is 11.7. The minimum Gasteiger partial charge on any atom is -0.393 e. The highest BCUT2D eigenvalue weighted by Crippen LogP contribution is 2.23. The van der Waals surface area contributed by atoms with E-state index in [1.807, 2.05) is 6.92 Å². The summed E-state index contributed by atoms with van der Waals surface area (Å²) < 4.78 is 13.1. The van der Waals surface area contributed by atoms with Gasteiger partial charge in [0.05, 0.1) is 6.10 Å². The van der Waals surface area contributed by atoms with Gasteiger partial charge in [-0.3, -0.25) is 0 Å². The molecule has 2 atom stereocenters. The topological polar surface area (TPSA) is 61.4 Å². The Balaban J connectivity index is 1.82. The van der Waals surface area contributed by atoms with Crippen molar-refractivity contribution in [3.63, 3.8) is 0 Å². The smallest absolute Gasteiger partial charge is 0.319 e. The summed E-state index contributed by atoms with van der Waals surface area (Å²) in [6.07, 6.45) is 3.36. The van der Waals surface area contributed by atoms with Gasteiger partial charge in [0.1, 0.15) is 5.82 Å². The third-order valence-electron chi connectivity index (χ3n) is 3.75. The Kier molecular flexibility index (Phi) is 4.95. The van der Waals surface area contributed by atoms with Crippen LogP contribution in [-0.2, 0) is 0 Å². The Hall–Kier alpha value is -1.62. The lowest BCUT2D eigenvalue weighted by Gasteiger charge is -2.25. The SMILES string of the molecule is Cc1ccc(F)cc1NC(=O)NCC1CCCC(O)C1. The van der Waals surface area contributed by atoms with Gasteiger partial charge in [-0.15, -0.1) is 0 Å². The summed E-state index contributed by atoms with van der Waals surface area (Å²) in [5.74, 6) is -0.0561. The van der Waals surface area contributed by atoms with Crippen LogP contribution in [0.3, 0.4) is 0 Å². The molecule has 1 aliphatic carbocycles. The highest BCUT2D eigenvalue weighted by atomic mass is 19.1. The lowest BCUT2D eigenvalue weighted by molar-refractivity contribution is 0.101. The molecule has 4 nitrogen and oxygen atoms in total. The van der Waals surface area contributed by atoms with Crippen LogP contribution in [0.2, 0.25) is 0 Å². The molecule has 1 aromatic rings. The minimum absolute atomic E-state index is 0.246. The molecule has 3 N–H and O–H groups in total. The normalized spacial score (nSPS) is 22.4. The average molecular weight is 280 g/mol. The number of hydrogen-bond acceptors (Lipinski definition) is 2. The highest BCUT2D eigenvalue weighted by molar-refractivity contribution is 5.90. The number of halogens is 1. The summed E-state index contributed by atoms with van der Waals surface area (Å²) in [5, 5.41) is 15.0. The predicted octanol–water partition coefficient (Wildman–Crippen LogP) is 2.81. The van der Waals surface area contributed by atoms with E-state index in [4.69, 9.17) is 0 Å². The van der Waals surface area contributed by atoms with Crippen molar-refractivity contribution in [1.29, 1.82) is 0 Å². The zero-order valence-corrected chi connectivity index (χ0v) is 11.7. The maximum Gasteiger partial charge on any atom is 0.319 e. The van der Waals surface area contributed by atoms with Crippen LogP contribution in [0.1, 0.15) is 31.2 Å². The van der Waals surface area contributed by atoms with Gasteiger partial charge in [-0.05, 0) is 49.8 Å². The van der Waals surface area contributed by atoms with E-state index in [0.717, 1.165) is 31.2 Å². The Morgan fingerprint density at radius 2 is 2.25 bits per heavy atom. The first-order valence-corrected chi connectivity index (χ1v) is 7.03. The molecule has 0 heterocycles. The minimum atomic E-state index is -0.374. The Bertz CT molecular complexity index is 479. The molecular formula is C15H21FN2O2. The predicted molar refractivity (Wildman–Crippen MR) is 76.1 cm³/mol. The number of aliphatic hydroxyl groups excluding tert-OH is 1. The first-order chi connectivity index (χ1) is 9.54. The van der Waals surface area contributed by atoms with Crippen LogP contribution in [0.4, 0.5) is 14.9 Å². The molecule has 0 aromatic heterocycles. The number of carbonyl (C=O) groups excluding carboxylic acids is 1. The lowest BCUT2D eigenvalue weighted by atomic mass is 9.87. The van der Waals surface area contributed by atoms with Crippen molar-refractivity contribution in [1.82, 2.24) is 5.32 Å². The third-order valence-corrected chi connectivity index (χ3v) is 3.75. The Morgan fingerprint density at radius 1 is 1.45 bits per heavy atom. The molecule has 5 heteroatoms. The first kappa shape index (κ1) is 14.8. The average Bonchev–Trinajstić information content (AvgIpc) is 2.41. The van der Waals surface area contributed by atoms with Crippen molar-refractivity contribution in [2.75, 3.05) is 11.9 Å². The van der Waals surface area contributed by atoms with Gasteiger partial charge in [0.25, 0.3) is 0 Å². The van der Waals surface area contributed by atoms with Crippen LogP contribution in [0.15, 0.2) is 18.2 Å². The van der Waals surface area contributed by atoms with Crippen LogP contribution in [0.5, 0.6) is 0 Å². The van der Waals surface area contributed by atoms with Gasteiger partial charge in [0, 0.05) is 12.2 Å². The van der Waals surface area contributed by atoms with Crippen LogP contribution in [0.25, 0.3) is 0 Å². The standard InChI is InChI=1S/C15H21FN2O2/c1-10-5-6-12(16)8-14(10)18-15(20)17-9-11-3-2-4-13(19)7-11/h5-6,8,11,13,19H,2-4,7,9H2,1H3,(H2,17,18,20). The molecule has 1 saturated carbocycles. The quantitative estimate of drug-likeness (QED) is 0.797. The van der Waals surface area contributed by atoms with E-state index in [1.165, 1.54) is 12.1 Å². The van der Waals surface area contributed by atoms with E-state index in [-0.39, 0.29) is 18.0 Å². The second kappa shape index (κ2) is 6.70. The molecule has 0 saturated heterocycles. The van der Waals surface area contributed by atoms with Crippen molar-refractivity contribution in [2.45, 2.75) is 38.7 Å². The molecule has 0 aliphatic heterocycles. The largest absolute Gasteiger partial charge is 0.393 e. The van der Waals surface area contributed by atoms with Gasteiger partial charge in [0.15, 0.2) is 0 Å². The number of nitrogens with one attached hydrogen (secondary N) is 2. The molecule has 0 spiro atoms. The van der Waals surface area contributed by atoms with Crippen molar-refractivity contribution < 1.29 is 14.3 Å². The summed E-state index contributed by atoms with van der Waals surface area (Å²) in [7, 11) is 0. The molecule has 1 fully saturated rings. The van der Waals surface area contributed by atoms with E-state index < -0.39 is 0 Å². The van der Waals surface area contributed by atoms with E-state index in [9.17, 15) is 14.3 Å². The first-order valence-electron chi connectivity index (χ1n) is 7.03. The molecule has 2 rings (SSSR count). The van der Waals surface area contributed by atoms with Gasteiger partial charge in [-0.25, -0.2) is 9.18 Å². The van der Waals surface area contributed by atoms with Gasteiger partial charge in [-0.1, -0.05) is 12.5 Å². The van der Waals surface area contributed by atoms with Crippen molar-refractivity contribution in [2.24, 2.45) is 5.92 Å². The van der Waals surface area contributed by atoms with Gasteiger partial charge >= 0.3 is 6.03 Å². The number of carbonyl (C=O) groups is 1. The van der Waals surface area contributed by atoms with E-state index in [0.29, 0.717) is 18.2 Å². The lowest BCUT2D eigenvalue weighted by Crippen LogP contribution is -2.35. The van der Waals surface area contributed by atoms with Gasteiger partial charge in [0.2, 0.25) is 0 Å². The van der Waals surface area contributed by atoms with Crippen LogP contribution in [0, 0.1) is 18.7 Å². The fourth-order valence-electron chi connectivity index (χ4n) is 2.58. The number of hydrogen-bond donors (Lipinski definition) is 3. The monoisotopic (exact) mass is 280 g/mol. The van der Waals surface area contributed by atoms with Crippen molar-refractivity contribution in [3.8, 4) is 0 Å². The fraction of sp³-hybridized carbons (Fsp3) is 0.533. The molecular weight excluding hydrogens is 259 g/mol. The Morgan fingerprint density at radius 3 is 3.00 bits per heavy atom. The number of aryl methyl sites for hydroxylation is 1. The summed E-state index contributed by atoms with van der Waals surface area (Å²) in [6.45, 7) is 2.35. The molecule has 0 bridgehead atoms. The molecule has 1 aliphatic rings. The van der Waals surface area contributed by atoms with Crippen molar-refractivity contribution >= 4 is 11.7 Å². The maximum absolute atomic E-state index is 13.1. The molecule has 0 radical (unpaired) electrons. The number of aliphatic hydroxyl groups is 1. The molecule has 2 amide bonds. The number of anilines is 1. The number of urea groups is 1. The summed E-state index contributed by atoms with van der Waals surface area (Å²) in [5.41, 5.74) is 1.29. The second-order valence-corrected chi connectivity index (χ2v) is 5.48. The molecule has 20 heavy (non-hydrogen) atoms. The van der Waals surface area contributed by atoms with Crippen LogP contribution in [-0.4, -0.2) is 23.8 Å². The number of rotatable bonds is 3. The molecule has 2 unspecified atom stereocenters. The molecule has 110 valence electrons. The van der Waals surface area contributed by atoms with Crippen LogP contribution >= 0.6 is 0 Å². The van der Waals surface area contributed by atoms with Crippen LogP contribution < -0.4 is 10.6 Å². The number of benzene rings is 1. The summed E-state index contributed by atoms with van der Waals surface area (Å²) >= 11 is 0. The highest BCUT2D eigenvalue weighted by Gasteiger charge is 2.20. The van der Waals surface area contributed by atoms with E-state index in [2.05, 4.69) is 10.6 Å². The molecule has 1 aromatic carbocycles. The Labute approximate surface area is 118 Å². The van der Waals surface area contributed by atoms with E-state index >= 15 is 0 Å². The third kappa shape index (κ3) is 4.20. The zero-order chi connectivity index (χ0) is 14.5. The van der Waals surface area contributed by atoms with Gasteiger partial charge < -0.3 is 15.7 Å². The number of amides is 2. The second-order valence-electron chi connectivity index (χ2n) is 5.48. The van der Waals surface area contributed by atoms with E-state index in [1.54, 1.807) is 6.07 Å². The van der Waals surface area contributed by atoms with Gasteiger partial charge in [-0.2, -0.15) is 0 Å². The van der Waals surface area contributed by atoms with Crippen molar-refractivity contribution in [3.05, 3.63) is 29.6 Å². The summed E-state index contributed by atoms with van der Waals surface area (Å²) in [4.78, 5) is 11.8.